The quantitative estimate of drug-likeness (QED) is 0.733. The highest BCUT2D eigenvalue weighted by Gasteiger charge is 2.43. The first kappa shape index (κ1) is 16.9. The van der Waals surface area contributed by atoms with E-state index in [1.807, 2.05) is 61.5 Å². The van der Waals surface area contributed by atoms with Crippen LogP contribution in [0.3, 0.4) is 0 Å². The monoisotopic (exact) mass is 395 g/mol. The minimum Gasteiger partial charge on any atom is -0.304 e. The average molecular weight is 396 g/mol. The molecule has 0 aliphatic carbocycles. The van der Waals surface area contributed by atoms with Crippen molar-refractivity contribution < 1.29 is 13.6 Å². The summed E-state index contributed by atoms with van der Waals surface area (Å²) in [5, 5.41) is 3.35. The van der Waals surface area contributed by atoms with Crippen molar-refractivity contribution in [2.45, 2.75) is 25.4 Å². The van der Waals surface area contributed by atoms with Crippen molar-refractivity contribution in [1.82, 2.24) is 5.32 Å². The lowest BCUT2D eigenvalue weighted by Crippen LogP contribution is -2.21. The van der Waals surface area contributed by atoms with Crippen molar-refractivity contribution in [1.29, 1.82) is 0 Å². The number of hydrogen-bond donors (Lipinski definition) is 1. The highest BCUT2D eigenvalue weighted by Crippen LogP contribution is 2.63. The van der Waals surface area contributed by atoms with Crippen LogP contribution in [-0.4, -0.2) is 12.7 Å². The van der Waals surface area contributed by atoms with E-state index in [0.29, 0.717) is 13.2 Å². The molecule has 1 N–H and O–H groups in total. The summed E-state index contributed by atoms with van der Waals surface area (Å²) in [6, 6.07) is 17.7. The maximum atomic E-state index is 13.1. The van der Waals surface area contributed by atoms with Crippen molar-refractivity contribution in [3.05, 3.63) is 70.2 Å². The second kappa shape index (κ2) is 7.29. The molecule has 6 heteroatoms. The van der Waals surface area contributed by atoms with E-state index in [9.17, 15) is 4.57 Å². The first-order valence-corrected chi connectivity index (χ1v) is 9.93. The molecule has 0 saturated carbocycles. The van der Waals surface area contributed by atoms with Gasteiger partial charge in [0, 0.05) is 11.0 Å². The summed E-state index contributed by atoms with van der Waals surface area (Å²) in [6.07, 6.45) is -0.155. The van der Waals surface area contributed by atoms with Crippen LogP contribution in [0.2, 0.25) is 0 Å². The zero-order chi connectivity index (χ0) is 16.3. The standard InChI is InChI=1S/C17H19BrNO3P/c1-13-12-21-23(20,22-13)17(15-7-9-16(18)10-8-15)19-11-14-5-3-2-4-6-14/h2-10,13,17,19H,11-12H2,1H3. The van der Waals surface area contributed by atoms with Crippen LogP contribution in [0.5, 0.6) is 0 Å². The molecule has 1 saturated heterocycles. The van der Waals surface area contributed by atoms with Crippen molar-refractivity contribution >= 4 is 23.5 Å². The predicted molar refractivity (Wildman–Crippen MR) is 94.3 cm³/mol. The Balaban J connectivity index is 1.84. The van der Waals surface area contributed by atoms with Crippen LogP contribution in [0.25, 0.3) is 0 Å². The Morgan fingerprint density at radius 1 is 1.22 bits per heavy atom. The van der Waals surface area contributed by atoms with Gasteiger partial charge in [-0.05, 0) is 30.2 Å². The smallest absolute Gasteiger partial charge is 0.304 e. The Bertz CT molecular complexity index is 693. The van der Waals surface area contributed by atoms with E-state index in [1.54, 1.807) is 0 Å². The fourth-order valence-electron chi connectivity index (χ4n) is 2.52. The molecular formula is C17H19BrNO3P. The molecule has 2 aromatic rings. The molecule has 0 spiro atoms. The van der Waals surface area contributed by atoms with Gasteiger partial charge < -0.3 is 9.05 Å². The number of halogens is 1. The molecule has 122 valence electrons. The van der Waals surface area contributed by atoms with Crippen molar-refractivity contribution in [3.63, 3.8) is 0 Å². The van der Waals surface area contributed by atoms with Gasteiger partial charge in [0.05, 0.1) is 12.7 Å². The Labute approximate surface area is 144 Å². The molecule has 23 heavy (non-hydrogen) atoms. The Kier molecular flexibility index (Phi) is 5.34. The van der Waals surface area contributed by atoms with Crippen molar-refractivity contribution in [2.75, 3.05) is 6.61 Å². The zero-order valence-electron chi connectivity index (χ0n) is 12.8. The lowest BCUT2D eigenvalue weighted by Gasteiger charge is -2.24. The van der Waals surface area contributed by atoms with Gasteiger partial charge in [-0.2, -0.15) is 0 Å². The first-order chi connectivity index (χ1) is 11.1. The molecule has 0 amide bonds. The largest absolute Gasteiger partial charge is 0.352 e. The fourth-order valence-corrected chi connectivity index (χ4v) is 4.95. The molecule has 1 aliphatic heterocycles. The van der Waals surface area contributed by atoms with Crippen LogP contribution in [0.1, 0.15) is 23.8 Å². The number of rotatable bonds is 5. The highest BCUT2D eigenvalue weighted by atomic mass is 79.9. The normalized spacial score (nSPS) is 25.4. The van der Waals surface area contributed by atoms with Crippen LogP contribution >= 0.6 is 23.5 Å². The summed E-state index contributed by atoms with van der Waals surface area (Å²) >= 11 is 3.42. The van der Waals surface area contributed by atoms with E-state index in [1.165, 1.54) is 0 Å². The van der Waals surface area contributed by atoms with E-state index in [-0.39, 0.29) is 6.10 Å². The number of benzene rings is 2. The second-order valence-electron chi connectivity index (χ2n) is 5.57. The maximum absolute atomic E-state index is 13.1. The third-order valence-corrected chi connectivity index (χ3v) is 6.46. The third-order valence-electron chi connectivity index (χ3n) is 3.66. The molecule has 0 radical (unpaired) electrons. The summed E-state index contributed by atoms with van der Waals surface area (Å²) in [7, 11) is -3.24. The number of nitrogens with one attached hydrogen (secondary N) is 1. The summed E-state index contributed by atoms with van der Waals surface area (Å²) < 4.78 is 25.3. The van der Waals surface area contributed by atoms with Gasteiger partial charge in [-0.15, -0.1) is 0 Å². The number of hydrogen-bond acceptors (Lipinski definition) is 4. The van der Waals surface area contributed by atoms with Gasteiger partial charge in [-0.1, -0.05) is 58.4 Å². The van der Waals surface area contributed by atoms with Crippen LogP contribution in [-0.2, 0) is 20.2 Å². The zero-order valence-corrected chi connectivity index (χ0v) is 15.3. The van der Waals surface area contributed by atoms with Crippen LogP contribution in [0.4, 0.5) is 0 Å². The van der Waals surface area contributed by atoms with Gasteiger partial charge >= 0.3 is 7.60 Å². The summed E-state index contributed by atoms with van der Waals surface area (Å²) in [6.45, 7) is 2.82. The average Bonchev–Trinajstić information content (AvgIpc) is 2.90. The predicted octanol–water partition coefficient (Wildman–Crippen LogP) is 4.87. The molecular weight excluding hydrogens is 377 g/mol. The fraction of sp³-hybridized carbons (Fsp3) is 0.294. The van der Waals surface area contributed by atoms with E-state index in [0.717, 1.165) is 15.6 Å². The van der Waals surface area contributed by atoms with Gasteiger partial charge in [0.15, 0.2) is 0 Å². The molecule has 4 nitrogen and oxygen atoms in total. The first-order valence-electron chi connectivity index (χ1n) is 7.52. The van der Waals surface area contributed by atoms with Gasteiger partial charge in [0.1, 0.15) is 5.78 Å². The van der Waals surface area contributed by atoms with Crippen molar-refractivity contribution in [2.24, 2.45) is 0 Å². The lowest BCUT2D eigenvalue weighted by atomic mass is 10.2. The van der Waals surface area contributed by atoms with Crippen molar-refractivity contribution in [3.8, 4) is 0 Å². The minimum atomic E-state index is -3.24. The Morgan fingerprint density at radius 2 is 1.91 bits per heavy atom. The van der Waals surface area contributed by atoms with Gasteiger partial charge in [-0.3, -0.25) is 9.88 Å². The van der Waals surface area contributed by atoms with Crippen LogP contribution < -0.4 is 5.32 Å². The SMILES string of the molecule is CC1COP(=O)(C(NCc2ccccc2)c2ccc(Br)cc2)O1. The molecule has 1 fully saturated rings. The van der Waals surface area contributed by atoms with Gasteiger partial charge in [-0.25, -0.2) is 0 Å². The summed E-state index contributed by atoms with van der Waals surface area (Å²) in [5.41, 5.74) is 2.01. The second-order valence-corrected chi connectivity index (χ2v) is 8.55. The molecule has 3 rings (SSSR count). The van der Waals surface area contributed by atoms with E-state index in [4.69, 9.17) is 9.05 Å². The molecule has 3 unspecified atom stereocenters. The van der Waals surface area contributed by atoms with Gasteiger partial charge in [0.2, 0.25) is 0 Å². The maximum Gasteiger partial charge on any atom is 0.352 e. The third kappa shape index (κ3) is 4.11. The lowest BCUT2D eigenvalue weighted by molar-refractivity contribution is 0.253. The highest BCUT2D eigenvalue weighted by molar-refractivity contribution is 9.10. The Hall–Kier alpha value is -0.970. The summed E-state index contributed by atoms with van der Waals surface area (Å²) in [4.78, 5) is 0. The molecule has 2 aromatic carbocycles. The molecule has 0 aromatic heterocycles. The minimum absolute atomic E-state index is 0.155. The topological polar surface area (TPSA) is 47.6 Å². The molecule has 0 bridgehead atoms. The Morgan fingerprint density at radius 3 is 2.52 bits per heavy atom. The van der Waals surface area contributed by atoms with Crippen LogP contribution in [0.15, 0.2) is 59.1 Å². The van der Waals surface area contributed by atoms with E-state index < -0.39 is 13.4 Å². The van der Waals surface area contributed by atoms with E-state index in [2.05, 4.69) is 21.2 Å². The van der Waals surface area contributed by atoms with E-state index >= 15 is 0 Å². The van der Waals surface area contributed by atoms with Crippen LogP contribution in [0, 0.1) is 0 Å². The summed E-state index contributed by atoms with van der Waals surface area (Å²) in [5.74, 6) is -0.485. The molecule has 3 atom stereocenters. The molecule has 1 heterocycles. The van der Waals surface area contributed by atoms with Gasteiger partial charge in [0.25, 0.3) is 0 Å². The molecule has 1 aliphatic rings.